The number of carbonyl (C=O) groups is 2. The lowest BCUT2D eigenvalue weighted by Gasteiger charge is -2.29. The molecule has 12 heteroatoms. The highest BCUT2D eigenvalue weighted by Gasteiger charge is 2.38. The van der Waals surface area contributed by atoms with Crippen LogP contribution in [0.5, 0.6) is 0 Å². The number of aromatic nitrogens is 4. The number of pyridine rings is 2. The smallest absolute Gasteiger partial charge is 0.436 e. The monoisotopic (exact) mass is 785 g/mol. The van der Waals surface area contributed by atoms with Crippen molar-refractivity contribution in [3.63, 3.8) is 0 Å². The number of nitriles is 1. The first kappa shape index (κ1) is 49.6. The number of methoxy groups -OCH3 is 1. The third-order valence-electron chi connectivity index (χ3n) is 10.6. The van der Waals surface area contributed by atoms with Crippen LogP contribution in [-0.4, -0.2) is 38.6 Å². The average molecular weight is 786 g/mol. The summed E-state index contributed by atoms with van der Waals surface area (Å²) in [6.07, 6.45) is 15.4. The summed E-state index contributed by atoms with van der Waals surface area (Å²) in [6, 6.07) is 3.26. The van der Waals surface area contributed by atoms with Crippen LogP contribution in [0, 0.1) is 41.8 Å². The fourth-order valence-corrected chi connectivity index (χ4v) is 6.47. The maximum Gasteiger partial charge on any atom is 0.436 e. The summed E-state index contributed by atoms with van der Waals surface area (Å²) >= 11 is 0. The van der Waals surface area contributed by atoms with E-state index in [1.807, 2.05) is 30.0 Å². The van der Waals surface area contributed by atoms with Crippen LogP contribution in [0.2, 0.25) is 0 Å². The zero-order valence-corrected chi connectivity index (χ0v) is 35.3. The number of allylic oxidation sites excluding steroid dienone is 1. The van der Waals surface area contributed by atoms with Gasteiger partial charge in [-0.3, -0.25) is 14.5 Å². The number of aryl methyl sites for hydroxylation is 1. The molecule has 0 saturated heterocycles. The number of hydrogen-bond donors (Lipinski definition) is 0. The molecule has 0 aromatic carbocycles. The Hall–Kier alpha value is -4.40. The lowest BCUT2D eigenvalue weighted by atomic mass is 9.85. The van der Waals surface area contributed by atoms with E-state index in [4.69, 9.17) is 4.74 Å². The Morgan fingerprint density at radius 3 is 2.07 bits per heavy atom. The fraction of sp³-hybridized carbons (Fsp3) is 0.591. The highest BCUT2D eigenvalue weighted by Crippen LogP contribution is 2.35. The Balaban J connectivity index is 0.000000474. The molecule has 0 N–H and O–H groups in total. The first-order chi connectivity index (χ1) is 26.5. The molecule has 2 unspecified atom stereocenters. The minimum atomic E-state index is -4.89. The number of ether oxygens (including phenoxy) is 1. The Kier molecular flexibility index (Phi) is 21.5. The summed E-state index contributed by atoms with van der Waals surface area (Å²) in [6.45, 7) is 20.6. The van der Waals surface area contributed by atoms with Crippen LogP contribution in [0.25, 0.3) is 17.2 Å². The van der Waals surface area contributed by atoms with Gasteiger partial charge in [0.1, 0.15) is 0 Å². The number of rotatable bonds is 17. The number of nitrogens with zero attached hydrogens (tertiary/aromatic N) is 5. The van der Waals surface area contributed by atoms with E-state index >= 15 is 0 Å². The largest absolute Gasteiger partial charge is 0.465 e. The Labute approximate surface area is 332 Å². The van der Waals surface area contributed by atoms with Crippen molar-refractivity contribution < 1.29 is 31.9 Å². The number of ketones is 1. The van der Waals surface area contributed by atoms with Gasteiger partial charge < -0.3 is 4.74 Å². The SMILES string of the molecule is CC/C=C\c1c(C)ncc(C(=O)OC)c1-c1cnn(C(CC)(CC)CC#N)c1.CCC(C)C(=O)c1ccnc(C(F)(F)F)c1F.CCCC(CCC)C(C)CC. The fourth-order valence-electron chi connectivity index (χ4n) is 6.47. The maximum absolute atomic E-state index is 13.5. The standard InChI is InChI=1S/C22H28N4O2.C11H11F4NO.C11H24/c1-6-9-10-18-16(4)24-14-19(21(27)28-5)20(18)17-13-25-26(15-17)22(7-2,8-3)11-12-23;1-3-6(2)9(17)7-4-5-16-10(8(7)12)11(13,14)15;1-5-8-11(9-6-2)10(4)7-3/h9-10,13-15H,6-8,11H2,1-5H3;4-6H,3H2,1-2H3;10-11H,5-9H2,1-4H3/b10-9-;;. The highest BCUT2D eigenvalue weighted by atomic mass is 19.4. The van der Waals surface area contributed by atoms with Crippen LogP contribution in [0.3, 0.4) is 0 Å². The first-order valence-corrected chi connectivity index (χ1v) is 19.9. The van der Waals surface area contributed by atoms with Crippen molar-refractivity contribution in [1.82, 2.24) is 19.7 Å². The highest BCUT2D eigenvalue weighted by molar-refractivity contribution is 5.99. The van der Waals surface area contributed by atoms with Gasteiger partial charge in [0.2, 0.25) is 0 Å². The number of halogens is 4. The molecule has 2 atom stereocenters. The van der Waals surface area contributed by atoms with Gasteiger partial charge in [-0.15, -0.1) is 0 Å². The van der Waals surface area contributed by atoms with Crippen molar-refractivity contribution in [2.24, 2.45) is 17.8 Å². The molecule has 0 aliphatic heterocycles. The van der Waals surface area contributed by atoms with E-state index in [1.165, 1.54) is 46.1 Å². The van der Waals surface area contributed by atoms with Gasteiger partial charge in [0.05, 0.1) is 42.5 Å². The molecule has 3 heterocycles. The third kappa shape index (κ3) is 13.4. The van der Waals surface area contributed by atoms with Crippen LogP contribution in [-0.2, 0) is 16.5 Å². The van der Waals surface area contributed by atoms with Gasteiger partial charge in [-0.05, 0) is 50.5 Å². The summed E-state index contributed by atoms with van der Waals surface area (Å²) in [5.41, 5.74) is 1.12. The van der Waals surface area contributed by atoms with Gasteiger partial charge in [-0.25, -0.2) is 14.2 Å². The van der Waals surface area contributed by atoms with Gasteiger partial charge >= 0.3 is 12.1 Å². The molecule has 8 nitrogen and oxygen atoms in total. The predicted molar refractivity (Wildman–Crippen MR) is 215 cm³/mol. The van der Waals surface area contributed by atoms with Crippen LogP contribution >= 0.6 is 0 Å². The normalized spacial score (nSPS) is 12.6. The van der Waals surface area contributed by atoms with E-state index in [-0.39, 0.29) is 5.54 Å². The summed E-state index contributed by atoms with van der Waals surface area (Å²) in [4.78, 5) is 31.4. The van der Waals surface area contributed by atoms with E-state index in [9.17, 15) is 32.4 Å². The topological polar surface area (TPSA) is 111 Å². The summed E-state index contributed by atoms with van der Waals surface area (Å²) in [5.74, 6) is -1.25. The molecule has 3 rings (SSSR count). The molecular weight excluding hydrogens is 723 g/mol. The van der Waals surface area contributed by atoms with Gasteiger partial charge in [-0.2, -0.15) is 23.5 Å². The maximum atomic E-state index is 13.5. The lowest BCUT2D eigenvalue weighted by molar-refractivity contribution is -0.143. The second kappa shape index (κ2) is 24.3. The third-order valence-corrected chi connectivity index (χ3v) is 10.6. The number of carbonyl (C=O) groups excluding carboxylic acids is 2. The van der Waals surface area contributed by atoms with Crippen molar-refractivity contribution in [3.05, 3.63) is 70.8 Å². The molecule has 0 radical (unpaired) electrons. The molecule has 0 aliphatic carbocycles. The molecule has 0 amide bonds. The van der Waals surface area contributed by atoms with Crippen molar-refractivity contribution >= 4 is 17.8 Å². The van der Waals surface area contributed by atoms with E-state index in [2.05, 4.69) is 69.6 Å². The van der Waals surface area contributed by atoms with Crippen LogP contribution in [0.4, 0.5) is 17.6 Å². The molecule has 310 valence electrons. The van der Waals surface area contributed by atoms with Crippen molar-refractivity contribution in [1.29, 1.82) is 5.26 Å². The van der Waals surface area contributed by atoms with Crippen molar-refractivity contribution in [2.75, 3.05) is 7.11 Å². The van der Waals surface area contributed by atoms with Crippen molar-refractivity contribution in [3.8, 4) is 17.2 Å². The van der Waals surface area contributed by atoms with Gasteiger partial charge in [0, 0.05) is 46.9 Å². The lowest BCUT2D eigenvalue weighted by Crippen LogP contribution is -2.32. The molecule has 0 spiro atoms. The molecule has 0 saturated carbocycles. The number of Topliss-reactive ketones (excluding diaryl/α,β-unsaturated/α-hetero) is 1. The minimum absolute atomic E-state index is 0.361. The van der Waals surface area contributed by atoms with Gasteiger partial charge in [0.15, 0.2) is 17.3 Å². The number of hydrogen-bond acceptors (Lipinski definition) is 7. The quantitative estimate of drug-likeness (QED) is 0.0761. The Morgan fingerprint density at radius 1 is 0.964 bits per heavy atom. The number of alkyl halides is 3. The summed E-state index contributed by atoms with van der Waals surface area (Å²) in [7, 11) is 1.36. The first-order valence-electron chi connectivity index (χ1n) is 19.9. The van der Waals surface area contributed by atoms with Crippen LogP contribution in [0.15, 0.2) is 36.9 Å². The zero-order valence-electron chi connectivity index (χ0n) is 35.3. The van der Waals surface area contributed by atoms with E-state index in [1.54, 1.807) is 19.3 Å². The molecule has 0 aliphatic rings. The van der Waals surface area contributed by atoms with E-state index in [0.29, 0.717) is 18.4 Å². The molecule has 0 bridgehead atoms. The second-order valence-corrected chi connectivity index (χ2v) is 14.2. The Bertz CT molecular complexity index is 1730. The van der Waals surface area contributed by atoms with Gasteiger partial charge in [0.25, 0.3) is 0 Å². The van der Waals surface area contributed by atoms with Crippen LogP contribution < -0.4 is 0 Å². The summed E-state index contributed by atoms with van der Waals surface area (Å²) < 4.78 is 57.4. The van der Waals surface area contributed by atoms with E-state index in [0.717, 1.165) is 65.7 Å². The minimum Gasteiger partial charge on any atom is -0.465 e. The average Bonchev–Trinajstić information content (AvgIpc) is 3.68. The Morgan fingerprint density at radius 2 is 1.59 bits per heavy atom. The molecule has 3 aromatic heterocycles. The molecule has 56 heavy (non-hydrogen) atoms. The zero-order chi connectivity index (χ0) is 42.6. The summed E-state index contributed by atoms with van der Waals surface area (Å²) in [5, 5.41) is 13.9. The van der Waals surface area contributed by atoms with Crippen LogP contribution in [0.1, 0.15) is 164 Å². The number of esters is 1. The molecular formula is C44H63F4N5O3. The second-order valence-electron chi connectivity index (χ2n) is 14.2. The van der Waals surface area contributed by atoms with Crippen molar-refractivity contribution in [2.45, 2.75) is 145 Å². The molecule has 3 aromatic rings. The van der Waals surface area contributed by atoms with Gasteiger partial charge in [-0.1, -0.05) is 107 Å². The molecule has 0 fully saturated rings. The predicted octanol–water partition coefficient (Wildman–Crippen LogP) is 12.6. The van der Waals surface area contributed by atoms with E-state index < -0.39 is 40.9 Å².